The summed E-state index contributed by atoms with van der Waals surface area (Å²) in [5.41, 5.74) is 2.81. The summed E-state index contributed by atoms with van der Waals surface area (Å²) in [7, 11) is 0. The lowest BCUT2D eigenvalue weighted by Crippen LogP contribution is -1.99. The molecule has 2 heteroatoms. The Labute approximate surface area is 90.3 Å². The summed E-state index contributed by atoms with van der Waals surface area (Å²) in [6.45, 7) is 7.13. The van der Waals surface area contributed by atoms with Crippen molar-refractivity contribution < 1.29 is 4.79 Å². The zero-order valence-corrected chi connectivity index (χ0v) is 9.08. The van der Waals surface area contributed by atoms with Crippen molar-refractivity contribution in [1.29, 1.82) is 0 Å². The molecule has 0 saturated carbocycles. The molecule has 0 bridgehead atoms. The van der Waals surface area contributed by atoms with E-state index in [0.29, 0.717) is 0 Å². The van der Waals surface area contributed by atoms with Gasteiger partial charge in [0.05, 0.1) is 0 Å². The summed E-state index contributed by atoms with van der Waals surface area (Å²) in [5, 5.41) is 3.16. The molecule has 15 heavy (non-hydrogen) atoms. The average Bonchev–Trinajstić information content (AvgIpc) is 2.17. The topological polar surface area (TPSA) is 29.1 Å². The van der Waals surface area contributed by atoms with E-state index in [1.54, 1.807) is 12.2 Å². The first-order chi connectivity index (χ1) is 7.13. The number of hydrogen-bond acceptors (Lipinski definition) is 2. The van der Waals surface area contributed by atoms with Crippen molar-refractivity contribution in [3.63, 3.8) is 0 Å². The summed E-state index contributed by atoms with van der Waals surface area (Å²) in [4.78, 5) is 10.9. The van der Waals surface area contributed by atoms with Gasteiger partial charge in [-0.25, -0.2) is 0 Å². The molecule has 0 aliphatic heterocycles. The van der Waals surface area contributed by atoms with Crippen LogP contribution >= 0.6 is 0 Å². The van der Waals surface area contributed by atoms with Crippen LogP contribution in [-0.4, -0.2) is 5.78 Å². The number of benzene rings is 1. The van der Waals surface area contributed by atoms with Crippen molar-refractivity contribution >= 4 is 17.5 Å². The van der Waals surface area contributed by atoms with E-state index in [2.05, 4.69) is 11.9 Å². The third kappa shape index (κ3) is 3.43. The largest absolute Gasteiger partial charge is 0.359 e. The fraction of sp³-hybridized carbons (Fsp3) is 0.154. The highest BCUT2D eigenvalue weighted by Crippen LogP contribution is 2.17. The van der Waals surface area contributed by atoms with E-state index in [1.165, 1.54) is 6.92 Å². The van der Waals surface area contributed by atoms with Gasteiger partial charge in [-0.15, -0.1) is 0 Å². The molecule has 0 spiro atoms. The molecular formula is C13H15NO. The highest BCUT2D eigenvalue weighted by molar-refractivity contribution is 5.88. The van der Waals surface area contributed by atoms with E-state index in [0.717, 1.165) is 16.9 Å². The van der Waals surface area contributed by atoms with Crippen LogP contribution in [0.1, 0.15) is 19.4 Å². The summed E-state index contributed by atoms with van der Waals surface area (Å²) < 4.78 is 0. The first-order valence-electron chi connectivity index (χ1n) is 4.81. The minimum atomic E-state index is 0.0380. The number of carbonyl (C=O) groups excluding carboxylic acids is 1. The van der Waals surface area contributed by atoms with Gasteiger partial charge < -0.3 is 5.32 Å². The molecule has 0 aliphatic rings. The molecule has 1 aromatic carbocycles. The van der Waals surface area contributed by atoms with E-state index in [-0.39, 0.29) is 5.78 Å². The van der Waals surface area contributed by atoms with Crippen LogP contribution in [0.5, 0.6) is 0 Å². The third-order valence-corrected chi connectivity index (χ3v) is 1.93. The van der Waals surface area contributed by atoms with Crippen LogP contribution in [0.3, 0.4) is 0 Å². The molecule has 1 N–H and O–H groups in total. The van der Waals surface area contributed by atoms with E-state index in [9.17, 15) is 4.79 Å². The summed E-state index contributed by atoms with van der Waals surface area (Å²) in [6.07, 6.45) is 3.35. The van der Waals surface area contributed by atoms with E-state index in [1.807, 2.05) is 31.2 Å². The van der Waals surface area contributed by atoms with Gasteiger partial charge in [-0.05, 0) is 31.6 Å². The van der Waals surface area contributed by atoms with Gasteiger partial charge in [0, 0.05) is 11.4 Å². The van der Waals surface area contributed by atoms with E-state index >= 15 is 0 Å². The molecule has 0 fully saturated rings. The van der Waals surface area contributed by atoms with Crippen LogP contribution in [0.15, 0.2) is 42.6 Å². The Balaban J connectivity index is 2.89. The lowest BCUT2D eigenvalue weighted by molar-refractivity contribution is -0.112. The second-order valence-electron chi connectivity index (χ2n) is 3.35. The number of allylic oxidation sites excluding steroid dienone is 2. The molecule has 0 atom stereocenters. The number of rotatable bonds is 4. The predicted octanol–water partition coefficient (Wildman–Crippen LogP) is 3.23. The molecule has 0 radical (unpaired) electrons. The molecule has 0 amide bonds. The van der Waals surface area contributed by atoms with Gasteiger partial charge in [0.1, 0.15) is 0 Å². The van der Waals surface area contributed by atoms with E-state index < -0.39 is 0 Å². The summed E-state index contributed by atoms with van der Waals surface area (Å²) >= 11 is 0. The van der Waals surface area contributed by atoms with Crippen molar-refractivity contribution in [2.24, 2.45) is 0 Å². The maximum atomic E-state index is 10.9. The Morgan fingerprint density at radius 3 is 2.60 bits per heavy atom. The lowest BCUT2D eigenvalue weighted by atomic mass is 10.1. The van der Waals surface area contributed by atoms with Crippen LogP contribution in [-0.2, 0) is 4.79 Å². The molecule has 2 nitrogen and oxygen atoms in total. The molecule has 0 saturated heterocycles. The fourth-order valence-electron chi connectivity index (χ4n) is 1.34. The van der Waals surface area contributed by atoms with Gasteiger partial charge in [0.2, 0.25) is 0 Å². The predicted molar refractivity (Wildman–Crippen MR) is 64.6 cm³/mol. The van der Waals surface area contributed by atoms with Crippen LogP contribution in [0.4, 0.5) is 5.69 Å². The second kappa shape index (κ2) is 5.15. The van der Waals surface area contributed by atoms with Gasteiger partial charge in [0.15, 0.2) is 5.78 Å². The van der Waals surface area contributed by atoms with E-state index in [4.69, 9.17) is 0 Å². The third-order valence-electron chi connectivity index (χ3n) is 1.93. The van der Waals surface area contributed by atoms with Gasteiger partial charge in [-0.1, -0.05) is 30.9 Å². The van der Waals surface area contributed by atoms with Gasteiger partial charge >= 0.3 is 0 Å². The highest BCUT2D eigenvalue weighted by atomic mass is 16.1. The van der Waals surface area contributed by atoms with Crippen molar-refractivity contribution in [2.45, 2.75) is 13.8 Å². The minimum Gasteiger partial charge on any atom is -0.359 e. The van der Waals surface area contributed by atoms with Crippen LogP contribution in [0, 0.1) is 0 Å². The molecule has 0 aromatic heterocycles. The maximum absolute atomic E-state index is 10.9. The molecule has 0 unspecified atom stereocenters. The second-order valence-corrected chi connectivity index (χ2v) is 3.35. The van der Waals surface area contributed by atoms with Gasteiger partial charge in [0.25, 0.3) is 0 Å². The number of anilines is 1. The SMILES string of the molecule is C=Cc1ccccc1N/C(C)=C/C(C)=O. The number of para-hydroxylation sites is 1. The molecular weight excluding hydrogens is 186 g/mol. The summed E-state index contributed by atoms with van der Waals surface area (Å²) in [6, 6.07) is 7.81. The van der Waals surface area contributed by atoms with Gasteiger partial charge in [-0.3, -0.25) is 4.79 Å². The first-order valence-corrected chi connectivity index (χ1v) is 4.81. The van der Waals surface area contributed by atoms with Crippen molar-refractivity contribution in [2.75, 3.05) is 5.32 Å². The quantitative estimate of drug-likeness (QED) is 0.758. The van der Waals surface area contributed by atoms with Crippen molar-refractivity contribution in [1.82, 2.24) is 0 Å². The monoisotopic (exact) mass is 201 g/mol. The van der Waals surface area contributed by atoms with Crippen molar-refractivity contribution in [3.8, 4) is 0 Å². The molecule has 0 aliphatic carbocycles. The Kier molecular flexibility index (Phi) is 3.86. The lowest BCUT2D eigenvalue weighted by Gasteiger charge is -2.09. The zero-order chi connectivity index (χ0) is 11.3. The Bertz CT molecular complexity index is 405. The number of hydrogen-bond donors (Lipinski definition) is 1. The average molecular weight is 201 g/mol. The highest BCUT2D eigenvalue weighted by Gasteiger charge is 1.98. The maximum Gasteiger partial charge on any atom is 0.154 e. The zero-order valence-electron chi connectivity index (χ0n) is 9.08. The standard InChI is InChI=1S/C13H15NO/c1-4-12-7-5-6-8-13(12)14-10(2)9-11(3)15/h4-9,14H,1H2,2-3H3/b10-9+. The molecule has 0 heterocycles. The first kappa shape index (κ1) is 11.2. The van der Waals surface area contributed by atoms with Crippen LogP contribution in [0.2, 0.25) is 0 Å². The molecule has 78 valence electrons. The Hall–Kier alpha value is -1.83. The fourth-order valence-corrected chi connectivity index (χ4v) is 1.34. The molecule has 1 aromatic rings. The van der Waals surface area contributed by atoms with Crippen LogP contribution in [0.25, 0.3) is 6.08 Å². The van der Waals surface area contributed by atoms with Gasteiger partial charge in [-0.2, -0.15) is 0 Å². The summed E-state index contributed by atoms with van der Waals surface area (Å²) in [5.74, 6) is 0.0380. The number of ketones is 1. The Morgan fingerprint density at radius 2 is 2.00 bits per heavy atom. The van der Waals surface area contributed by atoms with Crippen LogP contribution < -0.4 is 5.32 Å². The Morgan fingerprint density at radius 1 is 1.33 bits per heavy atom. The van der Waals surface area contributed by atoms with Crippen molar-refractivity contribution in [3.05, 3.63) is 48.2 Å². The number of carbonyl (C=O) groups is 1. The number of nitrogens with one attached hydrogen (secondary N) is 1. The smallest absolute Gasteiger partial charge is 0.154 e. The molecule has 1 rings (SSSR count). The minimum absolute atomic E-state index is 0.0380. The normalized spacial score (nSPS) is 10.9.